The highest BCUT2D eigenvalue weighted by atomic mass is 16.4. The Hall–Kier alpha value is -1.43. The number of Topliss-reactive ketones (excluding diaryl/α,β-unsaturated/α-hetero) is 1. The second kappa shape index (κ2) is 11.2. The first kappa shape index (κ1) is 20.6. The van der Waals surface area contributed by atoms with Gasteiger partial charge in [0, 0.05) is 6.42 Å². The minimum Gasteiger partial charge on any atom is -0.481 e. The summed E-state index contributed by atoms with van der Waals surface area (Å²) in [6.45, 7) is 2.18. The largest absolute Gasteiger partial charge is 0.481 e. The molecule has 1 amide bonds. The number of ketones is 1. The first-order chi connectivity index (χ1) is 10.3. The van der Waals surface area contributed by atoms with Gasteiger partial charge in [-0.1, -0.05) is 58.3 Å². The number of hydrogen-bond donors (Lipinski definition) is 3. The van der Waals surface area contributed by atoms with E-state index in [1.165, 1.54) is 32.1 Å². The molecule has 0 fully saturated rings. The van der Waals surface area contributed by atoms with Gasteiger partial charge >= 0.3 is 5.97 Å². The number of carbonyl (C=O) groups is 3. The standard InChI is InChI=1S/C16H29NO5/c1-2-3-4-5-6-7-8-9-10-11-13(18)16(22,15(17)21)12-14(19)20/h22H,2-12H2,1H3,(H2,17,21)(H,19,20). The minimum absolute atomic E-state index is 0.0252. The van der Waals surface area contributed by atoms with Crippen molar-refractivity contribution in [3.63, 3.8) is 0 Å². The summed E-state index contributed by atoms with van der Waals surface area (Å²) in [5, 5.41) is 18.5. The van der Waals surface area contributed by atoms with Crippen LogP contribution in [-0.2, 0) is 14.4 Å². The maximum Gasteiger partial charge on any atom is 0.307 e. The quantitative estimate of drug-likeness (QED) is 0.335. The SMILES string of the molecule is CCCCCCCCCCCC(=O)C(O)(CC(=O)O)C(N)=O. The first-order valence-corrected chi connectivity index (χ1v) is 8.12. The summed E-state index contributed by atoms with van der Waals surface area (Å²) in [5.74, 6) is -3.53. The molecule has 0 aliphatic heterocycles. The van der Waals surface area contributed by atoms with Crippen molar-refractivity contribution in [2.24, 2.45) is 5.73 Å². The average Bonchev–Trinajstić information content (AvgIpc) is 2.44. The zero-order chi connectivity index (χ0) is 17.0. The molecule has 0 spiro atoms. The first-order valence-electron chi connectivity index (χ1n) is 8.12. The Morgan fingerprint density at radius 3 is 1.77 bits per heavy atom. The lowest BCUT2D eigenvalue weighted by Gasteiger charge is -2.20. The molecule has 1 unspecified atom stereocenters. The molecule has 0 saturated carbocycles. The lowest BCUT2D eigenvalue weighted by Crippen LogP contribution is -2.52. The number of nitrogens with two attached hydrogens (primary N) is 1. The van der Waals surface area contributed by atoms with E-state index in [0.29, 0.717) is 6.42 Å². The predicted molar refractivity (Wildman–Crippen MR) is 83.2 cm³/mol. The normalized spacial score (nSPS) is 13.5. The van der Waals surface area contributed by atoms with Gasteiger partial charge in [-0.15, -0.1) is 0 Å². The molecule has 0 heterocycles. The Bertz CT molecular complexity index is 370. The van der Waals surface area contributed by atoms with E-state index in [9.17, 15) is 19.5 Å². The van der Waals surface area contributed by atoms with E-state index in [4.69, 9.17) is 10.8 Å². The molecule has 1 atom stereocenters. The molecule has 0 bridgehead atoms. The third kappa shape index (κ3) is 8.12. The second-order valence-electron chi connectivity index (χ2n) is 5.80. The number of amides is 1. The molecule has 0 aromatic carbocycles. The van der Waals surface area contributed by atoms with Crippen molar-refractivity contribution in [1.29, 1.82) is 0 Å². The molecular formula is C16H29NO5. The van der Waals surface area contributed by atoms with Crippen molar-refractivity contribution >= 4 is 17.7 Å². The van der Waals surface area contributed by atoms with Gasteiger partial charge in [-0.3, -0.25) is 14.4 Å². The molecule has 0 aromatic rings. The lowest BCUT2D eigenvalue weighted by atomic mass is 9.90. The zero-order valence-electron chi connectivity index (χ0n) is 13.5. The number of carbonyl (C=O) groups excluding carboxylic acids is 2. The molecule has 0 aliphatic carbocycles. The molecule has 0 aliphatic rings. The summed E-state index contributed by atoms with van der Waals surface area (Å²) < 4.78 is 0. The molecule has 4 N–H and O–H groups in total. The van der Waals surface area contributed by atoms with Crippen LogP contribution in [0.5, 0.6) is 0 Å². The fourth-order valence-electron chi connectivity index (χ4n) is 2.34. The Balaban J connectivity index is 3.91. The van der Waals surface area contributed by atoms with Gasteiger partial charge in [0.2, 0.25) is 5.60 Å². The van der Waals surface area contributed by atoms with Crippen LogP contribution in [0.3, 0.4) is 0 Å². The van der Waals surface area contributed by atoms with Gasteiger partial charge in [0.05, 0.1) is 6.42 Å². The molecule has 6 nitrogen and oxygen atoms in total. The number of aliphatic carboxylic acids is 1. The van der Waals surface area contributed by atoms with Gasteiger partial charge < -0.3 is 15.9 Å². The summed E-state index contributed by atoms with van der Waals surface area (Å²) in [7, 11) is 0. The Kier molecular flexibility index (Phi) is 10.5. The van der Waals surface area contributed by atoms with Crippen LogP contribution in [0, 0.1) is 0 Å². The van der Waals surface area contributed by atoms with Crippen LogP contribution in [0.2, 0.25) is 0 Å². The number of primary amides is 1. The summed E-state index contributed by atoms with van der Waals surface area (Å²) in [4.78, 5) is 33.6. The molecular weight excluding hydrogens is 286 g/mol. The summed E-state index contributed by atoms with van der Waals surface area (Å²) in [6.07, 6.45) is 8.61. The van der Waals surface area contributed by atoms with Crippen LogP contribution >= 0.6 is 0 Å². The number of rotatable bonds is 14. The third-order valence-corrected chi connectivity index (χ3v) is 3.78. The molecule has 0 radical (unpaired) electrons. The van der Waals surface area contributed by atoms with Crippen LogP contribution in [-0.4, -0.2) is 33.5 Å². The zero-order valence-corrected chi connectivity index (χ0v) is 13.5. The van der Waals surface area contributed by atoms with Crippen molar-refractivity contribution in [2.45, 2.75) is 83.2 Å². The van der Waals surface area contributed by atoms with E-state index in [1.807, 2.05) is 0 Å². The van der Waals surface area contributed by atoms with Crippen LogP contribution < -0.4 is 5.73 Å². The van der Waals surface area contributed by atoms with E-state index >= 15 is 0 Å². The highest BCUT2D eigenvalue weighted by molar-refractivity contribution is 6.10. The summed E-state index contributed by atoms with van der Waals surface area (Å²) in [6, 6.07) is 0. The summed E-state index contributed by atoms with van der Waals surface area (Å²) in [5.41, 5.74) is 2.38. The molecule has 0 aromatic heterocycles. The molecule has 0 rings (SSSR count). The van der Waals surface area contributed by atoms with E-state index in [-0.39, 0.29) is 6.42 Å². The molecule has 128 valence electrons. The van der Waals surface area contributed by atoms with Gasteiger partial charge in [0.1, 0.15) is 0 Å². The maximum absolute atomic E-state index is 11.8. The fraction of sp³-hybridized carbons (Fsp3) is 0.812. The topological polar surface area (TPSA) is 118 Å². The minimum atomic E-state index is -2.58. The maximum atomic E-state index is 11.8. The fourth-order valence-corrected chi connectivity index (χ4v) is 2.34. The molecule has 22 heavy (non-hydrogen) atoms. The van der Waals surface area contributed by atoms with E-state index < -0.39 is 29.7 Å². The van der Waals surface area contributed by atoms with Crippen molar-refractivity contribution in [3.8, 4) is 0 Å². The van der Waals surface area contributed by atoms with E-state index in [0.717, 1.165) is 19.3 Å². The van der Waals surface area contributed by atoms with E-state index in [2.05, 4.69) is 6.92 Å². The predicted octanol–water partition coefficient (Wildman–Crippen LogP) is 2.17. The van der Waals surface area contributed by atoms with Gasteiger partial charge in [-0.05, 0) is 6.42 Å². The number of carboxylic acid groups (broad SMARTS) is 1. The van der Waals surface area contributed by atoms with Crippen LogP contribution in [0.25, 0.3) is 0 Å². The lowest BCUT2D eigenvalue weighted by molar-refractivity contribution is -0.159. The number of hydrogen-bond acceptors (Lipinski definition) is 4. The average molecular weight is 315 g/mol. The summed E-state index contributed by atoms with van der Waals surface area (Å²) >= 11 is 0. The smallest absolute Gasteiger partial charge is 0.307 e. The number of carboxylic acids is 1. The van der Waals surface area contributed by atoms with Crippen molar-refractivity contribution in [1.82, 2.24) is 0 Å². The van der Waals surface area contributed by atoms with Crippen LogP contribution in [0.1, 0.15) is 77.6 Å². The number of unbranched alkanes of at least 4 members (excludes halogenated alkanes) is 8. The molecule has 6 heteroatoms. The third-order valence-electron chi connectivity index (χ3n) is 3.78. The van der Waals surface area contributed by atoms with Gasteiger partial charge in [-0.2, -0.15) is 0 Å². The second-order valence-corrected chi connectivity index (χ2v) is 5.80. The van der Waals surface area contributed by atoms with Crippen LogP contribution in [0.4, 0.5) is 0 Å². The Morgan fingerprint density at radius 2 is 1.36 bits per heavy atom. The van der Waals surface area contributed by atoms with Crippen LogP contribution in [0.15, 0.2) is 0 Å². The highest BCUT2D eigenvalue weighted by Crippen LogP contribution is 2.17. The number of aliphatic hydroxyl groups is 1. The van der Waals surface area contributed by atoms with Crippen molar-refractivity contribution in [3.05, 3.63) is 0 Å². The Morgan fingerprint density at radius 1 is 0.909 bits per heavy atom. The van der Waals surface area contributed by atoms with Gasteiger partial charge in [0.15, 0.2) is 5.78 Å². The molecule has 0 saturated heterocycles. The Labute approximate surface area is 132 Å². The monoisotopic (exact) mass is 315 g/mol. The van der Waals surface area contributed by atoms with Crippen molar-refractivity contribution < 1.29 is 24.6 Å². The highest BCUT2D eigenvalue weighted by Gasteiger charge is 2.43. The van der Waals surface area contributed by atoms with Gasteiger partial charge in [-0.25, -0.2) is 0 Å². The van der Waals surface area contributed by atoms with Gasteiger partial charge in [0.25, 0.3) is 5.91 Å². The van der Waals surface area contributed by atoms with E-state index in [1.54, 1.807) is 0 Å². The van der Waals surface area contributed by atoms with Crippen molar-refractivity contribution in [2.75, 3.05) is 0 Å².